The van der Waals surface area contributed by atoms with Crippen LogP contribution in [0.3, 0.4) is 0 Å². The Morgan fingerprint density at radius 1 is 1.33 bits per heavy atom. The molecule has 0 aromatic heterocycles. The summed E-state index contributed by atoms with van der Waals surface area (Å²) in [6, 6.07) is 5.30. The molecule has 0 saturated carbocycles. The first-order chi connectivity index (χ1) is 10.3. The average molecular weight is 288 g/mol. The van der Waals surface area contributed by atoms with Gasteiger partial charge in [-0.05, 0) is 25.1 Å². The fourth-order valence-corrected chi connectivity index (χ4v) is 2.17. The normalized spacial score (nSPS) is 20.0. The number of nitrogens with one attached hydrogen (secondary N) is 1. The first kappa shape index (κ1) is 13.5. The molecule has 0 saturated heterocycles. The molecular weight excluding hydrogens is 272 g/mol. The molecular formula is C15H16N2O4. The molecule has 1 unspecified atom stereocenters. The van der Waals surface area contributed by atoms with Gasteiger partial charge in [0.2, 0.25) is 6.10 Å². The van der Waals surface area contributed by atoms with Gasteiger partial charge in [0.15, 0.2) is 11.5 Å². The number of nitrogens with zero attached hydrogens (tertiary/aromatic N) is 1. The number of amides is 1. The van der Waals surface area contributed by atoms with Crippen LogP contribution >= 0.6 is 0 Å². The first-order valence-electron chi connectivity index (χ1n) is 6.82. The van der Waals surface area contributed by atoms with Crippen LogP contribution in [0.2, 0.25) is 0 Å². The van der Waals surface area contributed by atoms with E-state index in [1.54, 1.807) is 18.2 Å². The van der Waals surface area contributed by atoms with Crippen LogP contribution in [0, 0.1) is 0 Å². The summed E-state index contributed by atoms with van der Waals surface area (Å²) in [6.07, 6.45) is 3.57. The Hall–Kier alpha value is -2.50. The number of carbonyl (C=O) groups is 1. The van der Waals surface area contributed by atoms with E-state index in [9.17, 15) is 4.79 Å². The predicted octanol–water partition coefficient (Wildman–Crippen LogP) is 2.12. The first-order valence-corrected chi connectivity index (χ1v) is 6.82. The van der Waals surface area contributed by atoms with Gasteiger partial charge in [-0.1, -0.05) is 11.2 Å². The maximum atomic E-state index is 12.1. The van der Waals surface area contributed by atoms with Crippen molar-refractivity contribution < 1.29 is 19.1 Å². The number of ether oxygens (including phenoxy) is 2. The largest absolute Gasteiger partial charge is 0.486 e. The summed E-state index contributed by atoms with van der Waals surface area (Å²) in [7, 11) is 0. The SMILES string of the molecule is CC=CC1=NOC(C(=O)Nc2ccc3c(c2)OCCO3)C1. The van der Waals surface area contributed by atoms with E-state index in [-0.39, 0.29) is 5.91 Å². The highest BCUT2D eigenvalue weighted by Crippen LogP contribution is 2.32. The topological polar surface area (TPSA) is 69.2 Å². The maximum absolute atomic E-state index is 12.1. The highest BCUT2D eigenvalue weighted by atomic mass is 16.6. The zero-order valence-corrected chi connectivity index (χ0v) is 11.7. The number of hydrogen-bond donors (Lipinski definition) is 1. The second-order valence-electron chi connectivity index (χ2n) is 4.73. The number of anilines is 1. The third kappa shape index (κ3) is 2.99. The highest BCUT2D eigenvalue weighted by Gasteiger charge is 2.27. The molecule has 0 bridgehead atoms. The van der Waals surface area contributed by atoms with Crippen molar-refractivity contribution in [1.82, 2.24) is 0 Å². The Labute approximate surface area is 122 Å². The third-order valence-electron chi connectivity index (χ3n) is 3.15. The van der Waals surface area contributed by atoms with Crippen molar-refractivity contribution in [2.24, 2.45) is 5.16 Å². The number of oxime groups is 1. The van der Waals surface area contributed by atoms with Crippen LogP contribution in [-0.2, 0) is 9.63 Å². The molecule has 0 fully saturated rings. The summed E-state index contributed by atoms with van der Waals surface area (Å²) in [6.45, 7) is 2.95. The molecule has 2 aliphatic heterocycles. The zero-order chi connectivity index (χ0) is 14.7. The van der Waals surface area contributed by atoms with Gasteiger partial charge in [-0.2, -0.15) is 0 Å². The summed E-state index contributed by atoms with van der Waals surface area (Å²) >= 11 is 0. The molecule has 110 valence electrons. The summed E-state index contributed by atoms with van der Waals surface area (Å²) in [5.74, 6) is 1.10. The van der Waals surface area contributed by atoms with Gasteiger partial charge >= 0.3 is 0 Å². The van der Waals surface area contributed by atoms with Gasteiger partial charge < -0.3 is 19.6 Å². The van der Waals surface area contributed by atoms with Crippen molar-refractivity contribution in [3.63, 3.8) is 0 Å². The van der Waals surface area contributed by atoms with E-state index < -0.39 is 6.10 Å². The molecule has 0 aliphatic carbocycles. The number of fused-ring (bicyclic) bond motifs is 1. The number of rotatable bonds is 3. The van der Waals surface area contributed by atoms with Gasteiger partial charge in [0.05, 0.1) is 5.71 Å². The second kappa shape index (κ2) is 5.87. The van der Waals surface area contributed by atoms with Crippen molar-refractivity contribution in [3.8, 4) is 11.5 Å². The van der Waals surface area contributed by atoms with Crippen molar-refractivity contribution >= 4 is 17.3 Å². The van der Waals surface area contributed by atoms with Crippen LogP contribution in [0.5, 0.6) is 11.5 Å². The van der Waals surface area contributed by atoms with Crippen molar-refractivity contribution in [2.45, 2.75) is 19.4 Å². The lowest BCUT2D eigenvalue weighted by atomic mass is 10.1. The monoisotopic (exact) mass is 288 g/mol. The molecule has 3 rings (SSSR count). The Morgan fingerprint density at radius 2 is 2.14 bits per heavy atom. The van der Waals surface area contributed by atoms with Crippen LogP contribution in [-0.4, -0.2) is 30.9 Å². The Balaban J connectivity index is 1.63. The van der Waals surface area contributed by atoms with Gasteiger partial charge in [0, 0.05) is 18.2 Å². The minimum absolute atomic E-state index is 0.227. The van der Waals surface area contributed by atoms with E-state index in [4.69, 9.17) is 14.3 Å². The molecule has 1 N–H and O–H groups in total. The van der Waals surface area contributed by atoms with E-state index in [1.807, 2.05) is 19.1 Å². The fraction of sp³-hybridized carbons (Fsp3) is 0.333. The number of benzene rings is 1. The van der Waals surface area contributed by atoms with Crippen LogP contribution in [0.15, 0.2) is 35.5 Å². The minimum atomic E-state index is -0.593. The minimum Gasteiger partial charge on any atom is -0.486 e. The van der Waals surface area contributed by atoms with Crippen LogP contribution in [0.4, 0.5) is 5.69 Å². The molecule has 1 atom stereocenters. The number of carbonyl (C=O) groups excluding carboxylic acids is 1. The van der Waals surface area contributed by atoms with Gasteiger partial charge in [0.25, 0.3) is 5.91 Å². The summed E-state index contributed by atoms with van der Waals surface area (Å²) in [5, 5.41) is 6.66. The van der Waals surface area contributed by atoms with Gasteiger partial charge in [-0.3, -0.25) is 4.79 Å². The standard InChI is InChI=1S/C15H16N2O4/c1-2-3-11-9-14(21-17-11)15(18)16-10-4-5-12-13(8-10)20-7-6-19-12/h2-5,8,14H,6-7,9H2,1H3,(H,16,18). The lowest BCUT2D eigenvalue weighted by molar-refractivity contribution is -0.125. The average Bonchev–Trinajstić information content (AvgIpc) is 2.96. The van der Waals surface area contributed by atoms with Crippen LogP contribution in [0.1, 0.15) is 13.3 Å². The van der Waals surface area contributed by atoms with Crippen molar-refractivity contribution in [2.75, 3.05) is 18.5 Å². The Kier molecular flexibility index (Phi) is 3.77. The van der Waals surface area contributed by atoms with Crippen LogP contribution in [0.25, 0.3) is 0 Å². The Bertz CT molecular complexity index is 610. The smallest absolute Gasteiger partial charge is 0.268 e. The number of allylic oxidation sites excluding steroid dienone is 2. The summed E-state index contributed by atoms with van der Waals surface area (Å²) in [4.78, 5) is 17.3. The molecule has 0 spiro atoms. The molecule has 2 heterocycles. The van der Waals surface area contributed by atoms with E-state index in [2.05, 4.69) is 10.5 Å². The molecule has 1 aromatic carbocycles. The molecule has 1 aromatic rings. The van der Waals surface area contributed by atoms with E-state index in [1.165, 1.54) is 0 Å². The van der Waals surface area contributed by atoms with Gasteiger partial charge in [-0.15, -0.1) is 0 Å². The second-order valence-corrected chi connectivity index (χ2v) is 4.73. The molecule has 6 heteroatoms. The highest BCUT2D eigenvalue weighted by molar-refractivity contribution is 6.03. The van der Waals surface area contributed by atoms with E-state index in [0.29, 0.717) is 36.8 Å². The van der Waals surface area contributed by atoms with Gasteiger partial charge in [-0.25, -0.2) is 0 Å². The number of hydrogen-bond acceptors (Lipinski definition) is 5. The quantitative estimate of drug-likeness (QED) is 0.925. The molecule has 2 aliphatic rings. The lowest BCUT2D eigenvalue weighted by Gasteiger charge is -2.19. The molecule has 1 amide bonds. The van der Waals surface area contributed by atoms with E-state index >= 15 is 0 Å². The van der Waals surface area contributed by atoms with E-state index in [0.717, 1.165) is 5.71 Å². The third-order valence-corrected chi connectivity index (χ3v) is 3.15. The predicted molar refractivity (Wildman–Crippen MR) is 77.8 cm³/mol. The molecule has 21 heavy (non-hydrogen) atoms. The summed E-state index contributed by atoms with van der Waals surface area (Å²) < 4.78 is 10.9. The maximum Gasteiger partial charge on any atom is 0.268 e. The van der Waals surface area contributed by atoms with Crippen LogP contribution < -0.4 is 14.8 Å². The van der Waals surface area contributed by atoms with Crippen molar-refractivity contribution in [3.05, 3.63) is 30.4 Å². The molecule has 6 nitrogen and oxygen atoms in total. The lowest BCUT2D eigenvalue weighted by Crippen LogP contribution is -2.27. The van der Waals surface area contributed by atoms with Crippen molar-refractivity contribution in [1.29, 1.82) is 0 Å². The Morgan fingerprint density at radius 3 is 2.95 bits per heavy atom. The fourth-order valence-electron chi connectivity index (χ4n) is 2.17. The summed E-state index contributed by atoms with van der Waals surface area (Å²) in [5.41, 5.74) is 1.41. The van der Waals surface area contributed by atoms with Gasteiger partial charge in [0.1, 0.15) is 13.2 Å². The zero-order valence-electron chi connectivity index (χ0n) is 11.7. The molecule has 0 radical (unpaired) electrons.